The van der Waals surface area contributed by atoms with Gasteiger partial charge in [0.2, 0.25) is 0 Å². The van der Waals surface area contributed by atoms with E-state index in [1.165, 1.54) is 0 Å². The van der Waals surface area contributed by atoms with Gasteiger partial charge in [0.1, 0.15) is 30.0 Å². The third kappa shape index (κ3) is 5.20. The molecule has 0 saturated carbocycles. The van der Waals surface area contributed by atoms with Gasteiger partial charge in [-0.1, -0.05) is 29.2 Å². The van der Waals surface area contributed by atoms with Crippen LogP contribution in [-0.4, -0.2) is 71.9 Å². The third-order valence-electron chi connectivity index (χ3n) is 5.83. The Labute approximate surface area is 204 Å². The predicted molar refractivity (Wildman–Crippen MR) is 135 cm³/mol. The van der Waals surface area contributed by atoms with Gasteiger partial charge in [0.25, 0.3) is 0 Å². The number of aryl methyl sites for hydroxylation is 2. The van der Waals surface area contributed by atoms with Crippen LogP contribution in [0.1, 0.15) is 17.0 Å². The van der Waals surface area contributed by atoms with Gasteiger partial charge in [0.05, 0.1) is 23.0 Å². The highest BCUT2D eigenvalue weighted by Gasteiger charge is 2.31. The number of likely N-dealkylation sites (N-methyl/N-ethyl adjacent to an activating group) is 1. The zero-order valence-corrected chi connectivity index (χ0v) is 21.1. The first kappa shape index (κ1) is 24.5. The van der Waals surface area contributed by atoms with E-state index in [9.17, 15) is 5.11 Å². The summed E-state index contributed by atoms with van der Waals surface area (Å²) in [6.45, 7) is 8.32. The Morgan fingerprint density at radius 2 is 2.06 bits per heavy atom. The molecule has 3 N–H and O–H groups in total. The fraction of sp³-hybridized carbons (Fsp3) is 0.458. The average Bonchev–Trinajstić information content (AvgIpc) is 3.13. The lowest BCUT2D eigenvalue weighted by atomic mass is 10.0. The zero-order valence-electron chi connectivity index (χ0n) is 20.3. The molecular formula is C24H32N6O3S. The van der Waals surface area contributed by atoms with Gasteiger partial charge in [-0.25, -0.2) is 9.97 Å². The number of aromatic nitrogens is 3. The second-order valence-corrected chi connectivity index (χ2v) is 9.16. The van der Waals surface area contributed by atoms with Gasteiger partial charge in [0.15, 0.2) is 5.82 Å². The quantitative estimate of drug-likeness (QED) is 0.372. The molecule has 4 rings (SSSR count). The standard InChI is InChI=1S/C24H32N6O3S/c1-14-22(21-15(2)28-33-16(21)3)26-23(27-24(14)30-11-18(12-30)29-34-5)17-7-6-8-20(9-17)32-13-19(31)10-25-4/h6-9,18-19,25,29,31H,10-13H2,1-5H3. The molecule has 0 bridgehead atoms. The number of nitrogens with zero attached hydrogens (tertiary/aromatic N) is 4. The smallest absolute Gasteiger partial charge is 0.162 e. The first-order chi connectivity index (χ1) is 16.4. The van der Waals surface area contributed by atoms with Crippen LogP contribution >= 0.6 is 11.9 Å². The number of aliphatic hydroxyl groups excluding tert-OH is 1. The molecule has 0 aliphatic carbocycles. The highest BCUT2D eigenvalue weighted by Crippen LogP contribution is 2.36. The van der Waals surface area contributed by atoms with Gasteiger partial charge in [-0.2, -0.15) is 0 Å². The molecule has 182 valence electrons. The Hall–Kier alpha value is -2.66. The SMILES string of the molecule is CNCC(O)COc1cccc(-c2nc(-c3c(C)noc3C)c(C)c(N3CC(NSC)C3)n2)c1. The van der Waals surface area contributed by atoms with Crippen molar-refractivity contribution in [2.45, 2.75) is 32.9 Å². The van der Waals surface area contributed by atoms with E-state index in [0.717, 1.165) is 52.7 Å². The summed E-state index contributed by atoms with van der Waals surface area (Å²) in [7, 11) is 1.80. The second-order valence-electron chi connectivity index (χ2n) is 8.52. The molecular weight excluding hydrogens is 452 g/mol. The maximum absolute atomic E-state index is 9.97. The van der Waals surface area contributed by atoms with Gasteiger partial charge in [0, 0.05) is 30.8 Å². The summed E-state index contributed by atoms with van der Waals surface area (Å²) in [5.41, 5.74) is 4.38. The summed E-state index contributed by atoms with van der Waals surface area (Å²) in [6.07, 6.45) is 1.45. The van der Waals surface area contributed by atoms with Crippen LogP contribution in [-0.2, 0) is 0 Å². The first-order valence-electron chi connectivity index (χ1n) is 11.3. The Morgan fingerprint density at radius 1 is 1.26 bits per heavy atom. The fourth-order valence-electron chi connectivity index (χ4n) is 4.11. The molecule has 1 aromatic carbocycles. The highest BCUT2D eigenvalue weighted by molar-refractivity contribution is 7.96. The maximum atomic E-state index is 9.97. The lowest BCUT2D eigenvalue weighted by Crippen LogP contribution is -2.57. The lowest BCUT2D eigenvalue weighted by molar-refractivity contribution is 0.108. The molecule has 34 heavy (non-hydrogen) atoms. The molecule has 3 aromatic rings. The van der Waals surface area contributed by atoms with Gasteiger partial charge < -0.3 is 24.6 Å². The van der Waals surface area contributed by atoms with Gasteiger partial charge in [-0.05, 0) is 46.2 Å². The minimum Gasteiger partial charge on any atom is -0.491 e. The largest absolute Gasteiger partial charge is 0.491 e. The van der Waals surface area contributed by atoms with Crippen molar-refractivity contribution in [3.05, 3.63) is 41.3 Å². The van der Waals surface area contributed by atoms with Crippen molar-refractivity contribution in [1.82, 2.24) is 25.2 Å². The number of anilines is 1. The Bertz CT molecular complexity index is 1110. The zero-order chi connectivity index (χ0) is 24.2. The number of hydrogen-bond acceptors (Lipinski definition) is 10. The van der Waals surface area contributed by atoms with Gasteiger partial charge in [-0.15, -0.1) is 0 Å². The summed E-state index contributed by atoms with van der Waals surface area (Å²) in [5.74, 6) is 2.91. The van der Waals surface area contributed by atoms with Crippen LogP contribution in [0, 0.1) is 20.8 Å². The number of aliphatic hydroxyl groups is 1. The number of ether oxygens (including phenoxy) is 1. The van der Waals surface area contributed by atoms with Crippen LogP contribution in [0.5, 0.6) is 5.75 Å². The summed E-state index contributed by atoms with van der Waals surface area (Å²) in [6, 6.07) is 8.09. The number of rotatable bonds is 10. The molecule has 10 heteroatoms. The number of benzene rings is 1. The summed E-state index contributed by atoms with van der Waals surface area (Å²) >= 11 is 1.64. The molecule has 1 atom stereocenters. The van der Waals surface area contributed by atoms with Crippen LogP contribution in [0.2, 0.25) is 0 Å². The first-order valence-corrected chi connectivity index (χ1v) is 12.5. The molecule has 1 aliphatic rings. The van der Waals surface area contributed by atoms with Crippen molar-refractivity contribution < 1.29 is 14.4 Å². The van der Waals surface area contributed by atoms with E-state index in [-0.39, 0.29) is 6.61 Å². The van der Waals surface area contributed by atoms with Crippen LogP contribution in [0.15, 0.2) is 28.8 Å². The topological polar surface area (TPSA) is 109 Å². The summed E-state index contributed by atoms with van der Waals surface area (Å²) < 4.78 is 14.7. The molecule has 3 heterocycles. The maximum Gasteiger partial charge on any atom is 0.162 e. The third-order valence-corrected chi connectivity index (χ3v) is 6.40. The van der Waals surface area contributed by atoms with E-state index in [1.54, 1.807) is 19.0 Å². The van der Waals surface area contributed by atoms with Crippen molar-refractivity contribution in [2.75, 3.05) is 44.4 Å². The Morgan fingerprint density at radius 3 is 2.74 bits per heavy atom. The fourth-order valence-corrected chi connectivity index (χ4v) is 4.59. The Balaban J connectivity index is 1.71. The molecule has 1 fully saturated rings. The minimum absolute atomic E-state index is 0.201. The van der Waals surface area contributed by atoms with E-state index in [2.05, 4.69) is 27.0 Å². The van der Waals surface area contributed by atoms with Crippen molar-refractivity contribution in [1.29, 1.82) is 0 Å². The number of nitrogens with one attached hydrogen (secondary N) is 2. The van der Waals surface area contributed by atoms with Crippen molar-refractivity contribution in [2.24, 2.45) is 0 Å². The Kier molecular flexibility index (Phi) is 7.72. The highest BCUT2D eigenvalue weighted by atomic mass is 32.2. The minimum atomic E-state index is -0.587. The van der Waals surface area contributed by atoms with Crippen molar-refractivity contribution in [3.8, 4) is 28.4 Å². The monoisotopic (exact) mass is 484 g/mol. The van der Waals surface area contributed by atoms with Gasteiger partial charge >= 0.3 is 0 Å². The molecule has 0 amide bonds. The molecule has 1 saturated heterocycles. The molecule has 0 radical (unpaired) electrons. The average molecular weight is 485 g/mol. The van der Waals surface area contributed by atoms with Crippen LogP contribution in [0.3, 0.4) is 0 Å². The van der Waals surface area contributed by atoms with E-state index in [1.807, 2.05) is 44.4 Å². The molecule has 0 spiro atoms. The molecule has 2 aromatic heterocycles. The number of hydrogen-bond donors (Lipinski definition) is 3. The molecule has 9 nitrogen and oxygen atoms in total. The van der Waals surface area contributed by atoms with E-state index < -0.39 is 6.10 Å². The lowest BCUT2D eigenvalue weighted by Gasteiger charge is -2.41. The molecule has 1 aliphatic heterocycles. The summed E-state index contributed by atoms with van der Waals surface area (Å²) in [5, 5.41) is 17.1. The molecule has 1 unspecified atom stereocenters. The normalized spacial score (nSPS) is 14.8. The summed E-state index contributed by atoms with van der Waals surface area (Å²) in [4.78, 5) is 12.2. The second kappa shape index (κ2) is 10.7. The predicted octanol–water partition coefficient (Wildman–Crippen LogP) is 2.74. The van der Waals surface area contributed by atoms with Gasteiger partial charge in [-0.3, -0.25) is 4.72 Å². The van der Waals surface area contributed by atoms with Crippen molar-refractivity contribution in [3.63, 3.8) is 0 Å². The van der Waals surface area contributed by atoms with Crippen LogP contribution in [0.4, 0.5) is 5.82 Å². The van der Waals surface area contributed by atoms with E-state index in [0.29, 0.717) is 24.2 Å². The van der Waals surface area contributed by atoms with E-state index in [4.69, 9.17) is 19.2 Å². The van der Waals surface area contributed by atoms with Crippen molar-refractivity contribution >= 4 is 17.8 Å². The van der Waals surface area contributed by atoms with E-state index >= 15 is 0 Å². The van der Waals surface area contributed by atoms with Crippen LogP contribution in [0.25, 0.3) is 22.6 Å². The van der Waals surface area contributed by atoms with Crippen LogP contribution < -0.4 is 19.7 Å².